The zero-order chi connectivity index (χ0) is 15.5. The highest BCUT2D eigenvalue weighted by Gasteiger charge is 2.34. The second kappa shape index (κ2) is 6.40. The van der Waals surface area contributed by atoms with Crippen molar-refractivity contribution in [1.29, 1.82) is 0 Å². The molecule has 5 heteroatoms. The van der Waals surface area contributed by atoms with Crippen LogP contribution in [0.25, 0.3) is 0 Å². The Morgan fingerprint density at radius 2 is 2.14 bits per heavy atom. The van der Waals surface area contributed by atoms with Crippen LogP contribution in [0.1, 0.15) is 24.5 Å². The van der Waals surface area contributed by atoms with E-state index in [1.807, 2.05) is 0 Å². The maximum absolute atomic E-state index is 12.5. The summed E-state index contributed by atoms with van der Waals surface area (Å²) < 4.78 is 11.0. The lowest BCUT2D eigenvalue weighted by Crippen LogP contribution is -2.43. The fourth-order valence-electron chi connectivity index (χ4n) is 3.08. The van der Waals surface area contributed by atoms with Crippen molar-refractivity contribution >= 4 is 5.91 Å². The molecule has 2 aliphatic heterocycles. The van der Waals surface area contributed by atoms with Crippen molar-refractivity contribution in [3.05, 3.63) is 36.4 Å². The van der Waals surface area contributed by atoms with E-state index in [0.717, 1.165) is 13.0 Å². The molecule has 118 valence electrons. The molecule has 1 aromatic rings. The number of nitrogens with zero attached hydrogens (tertiary/aromatic N) is 1. The average Bonchev–Trinajstić information content (AvgIpc) is 2.56. The standard InChI is InChI=1S/C17H21NO4/c1-2-7-18-8-3-4-13(17(18)20)16(19)12-5-6-14-15(11-12)22-10-9-21-14/h2,5-6,11,13,16,19H,1,3-4,7-10H2/t13-,16+/m0/s1. The van der Waals surface area contributed by atoms with Crippen molar-refractivity contribution in [3.63, 3.8) is 0 Å². The Bertz CT molecular complexity index is 572. The quantitative estimate of drug-likeness (QED) is 0.863. The van der Waals surface area contributed by atoms with Crippen LogP contribution in [0.5, 0.6) is 11.5 Å². The van der Waals surface area contributed by atoms with Crippen molar-refractivity contribution in [1.82, 2.24) is 4.90 Å². The van der Waals surface area contributed by atoms with Gasteiger partial charge in [-0.15, -0.1) is 6.58 Å². The molecule has 22 heavy (non-hydrogen) atoms. The second-order valence-corrected chi connectivity index (χ2v) is 5.67. The van der Waals surface area contributed by atoms with Gasteiger partial charge in [-0.05, 0) is 30.5 Å². The smallest absolute Gasteiger partial charge is 0.228 e. The van der Waals surface area contributed by atoms with E-state index in [0.29, 0.717) is 43.2 Å². The van der Waals surface area contributed by atoms with Crippen molar-refractivity contribution in [2.45, 2.75) is 18.9 Å². The van der Waals surface area contributed by atoms with E-state index in [9.17, 15) is 9.90 Å². The summed E-state index contributed by atoms with van der Waals surface area (Å²) >= 11 is 0. The fraction of sp³-hybridized carbons (Fsp3) is 0.471. The molecule has 0 radical (unpaired) electrons. The summed E-state index contributed by atoms with van der Waals surface area (Å²) in [5.41, 5.74) is 0.697. The van der Waals surface area contributed by atoms with Crippen molar-refractivity contribution in [3.8, 4) is 11.5 Å². The van der Waals surface area contributed by atoms with Crippen LogP contribution < -0.4 is 9.47 Å². The first-order valence-corrected chi connectivity index (χ1v) is 7.68. The number of fused-ring (bicyclic) bond motifs is 1. The van der Waals surface area contributed by atoms with E-state index in [-0.39, 0.29) is 5.91 Å². The Balaban J connectivity index is 1.79. The number of ether oxygens (including phenoxy) is 2. The molecule has 0 spiro atoms. The van der Waals surface area contributed by atoms with Crippen LogP contribution in [-0.4, -0.2) is 42.2 Å². The Hall–Kier alpha value is -2.01. The Labute approximate surface area is 130 Å². The van der Waals surface area contributed by atoms with Gasteiger partial charge in [-0.1, -0.05) is 12.1 Å². The summed E-state index contributed by atoms with van der Waals surface area (Å²) in [5.74, 6) is 0.907. The molecule has 0 saturated carbocycles. The number of aliphatic hydroxyl groups excluding tert-OH is 1. The maximum Gasteiger partial charge on any atom is 0.228 e. The first-order chi connectivity index (χ1) is 10.7. The molecule has 5 nitrogen and oxygen atoms in total. The molecular weight excluding hydrogens is 282 g/mol. The van der Waals surface area contributed by atoms with E-state index in [4.69, 9.17) is 9.47 Å². The number of carbonyl (C=O) groups is 1. The maximum atomic E-state index is 12.5. The summed E-state index contributed by atoms with van der Waals surface area (Å²) in [6.07, 6.45) is 2.49. The molecule has 2 atom stereocenters. The first kappa shape index (κ1) is 14.9. The molecule has 0 bridgehead atoms. The molecule has 0 unspecified atom stereocenters. The monoisotopic (exact) mass is 303 g/mol. The highest BCUT2D eigenvalue weighted by molar-refractivity contribution is 5.80. The SMILES string of the molecule is C=CCN1CCC[C@@H]([C@H](O)c2ccc3c(c2)OCCO3)C1=O. The topological polar surface area (TPSA) is 59.0 Å². The summed E-state index contributed by atoms with van der Waals surface area (Å²) in [6.45, 7) is 5.98. The molecule has 1 aromatic carbocycles. The third-order valence-corrected chi connectivity index (χ3v) is 4.21. The van der Waals surface area contributed by atoms with E-state index >= 15 is 0 Å². The van der Waals surface area contributed by atoms with Gasteiger partial charge < -0.3 is 19.5 Å². The molecule has 1 amide bonds. The van der Waals surface area contributed by atoms with Gasteiger partial charge in [0.15, 0.2) is 11.5 Å². The Morgan fingerprint density at radius 3 is 2.91 bits per heavy atom. The van der Waals surface area contributed by atoms with E-state index in [2.05, 4.69) is 6.58 Å². The zero-order valence-corrected chi connectivity index (χ0v) is 12.5. The predicted octanol–water partition coefficient (Wildman–Crippen LogP) is 1.92. The molecule has 1 saturated heterocycles. The van der Waals surface area contributed by atoms with Gasteiger partial charge >= 0.3 is 0 Å². The van der Waals surface area contributed by atoms with Crippen LogP contribution in [0.15, 0.2) is 30.9 Å². The minimum atomic E-state index is -0.823. The molecule has 3 rings (SSSR count). The lowest BCUT2D eigenvalue weighted by atomic mass is 9.87. The number of rotatable bonds is 4. The fourth-order valence-corrected chi connectivity index (χ4v) is 3.08. The van der Waals surface area contributed by atoms with Gasteiger partial charge in [-0.2, -0.15) is 0 Å². The number of amides is 1. The minimum Gasteiger partial charge on any atom is -0.486 e. The molecule has 0 aliphatic carbocycles. The molecule has 2 aliphatic rings. The first-order valence-electron chi connectivity index (χ1n) is 7.68. The van der Waals surface area contributed by atoms with Gasteiger partial charge in [0.2, 0.25) is 5.91 Å². The van der Waals surface area contributed by atoms with Crippen LogP contribution in [-0.2, 0) is 4.79 Å². The van der Waals surface area contributed by atoms with E-state index < -0.39 is 12.0 Å². The summed E-state index contributed by atoms with van der Waals surface area (Å²) in [6, 6.07) is 5.37. The molecule has 0 aromatic heterocycles. The normalized spacial score (nSPS) is 22.3. The van der Waals surface area contributed by atoms with Crippen LogP contribution in [0.3, 0.4) is 0 Å². The minimum absolute atomic E-state index is 0.00598. The van der Waals surface area contributed by atoms with Crippen molar-refractivity contribution in [2.24, 2.45) is 5.92 Å². The second-order valence-electron chi connectivity index (χ2n) is 5.67. The number of aliphatic hydroxyl groups is 1. The molecular formula is C17H21NO4. The third kappa shape index (κ3) is 2.81. The van der Waals surface area contributed by atoms with Crippen molar-refractivity contribution in [2.75, 3.05) is 26.3 Å². The van der Waals surface area contributed by atoms with Gasteiger partial charge in [0.25, 0.3) is 0 Å². The molecule has 2 heterocycles. The largest absolute Gasteiger partial charge is 0.486 e. The number of piperidine rings is 1. The number of benzene rings is 1. The van der Waals surface area contributed by atoms with Crippen molar-refractivity contribution < 1.29 is 19.4 Å². The van der Waals surface area contributed by atoms with Crippen LogP contribution >= 0.6 is 0 Å². The molecule has 1 fully saturated rings. The molecule has 1 N–H and O–H groups in total. The summed E-state index contributed by atoms with van der Waals surface area (Å²) in [7, 11) is 0. The highest BCUT2D eigenvalue weighted by Crippen LogP contribution is 2.36. The van der Waals surface area contributed by atoms with E-state index in [1.165, 1.54) is 0 Å². The number of hydrogen-bond acceptors (Lipinski definition) is 4. The number of hydrogen-bond donors (Lipinski definition) is 1. The predicted molar refractivity (Wildman–Crippen MR) is 81.9 cm³/mol. The lowest BCUT2D eigenvalue weighted by molar-refractivity contribution is -0.142. The van der Waals surface area contributed by atoms with Crippen LogP contribution in [0.2, 0.25) is 0 Å². The van der Waals surface area contributed by atoms with E-state index in [1.54, 1.807) is 29.2 Å². The van der Waals surface area contributed by atoms with Crippen LogP contribution in [0, 0.1) is 5.92 Å². The van der Waals surface area contributed by atoms with Gasteiger partial charge in [0, 0.05) is 13.1 Å². The summed E-state index contributed by atoms with van der Waals surface area (Å²) in [4.78, 5) is 14.2. The highest BCUT2D eigenvalue weighted by atomic mass is 16.6. The Morgan fingerprint density at radius 1 is 1.36 bits per heavy atom. The summed E-state index contributed by atoms with van der Waals surface area (Å²) in [5, 5.41) is 10.6. The van der Waals surface area contributed by atoms with Crippen LogP contribution in [0.4, 0.5) is 0 Å². The number of likely N-dealkylation sites (tertiary alicyclic amines) is 1. The lowest BCUT2D eigenvalue weighted by Gasteiger charge is -2.34. The van der Waals surface area contributed by atoms with Gasteiger partial charge in [-0.25, -0.2) is 0 Å². The third-order valence-electron chi connectivity index (χ3n) is 4.21. The number of carbonyl (C=O) groups excluding carboxylic acids is 1. The van der Waals surface area contributed by atoms with Gasteiger partial charge in [0.1, 0.15) is 13.2 Å². The zero-order valence-electron chi connectivity index (χ0n) is 12.5. The van der Waals surface area contributed by atoms with Gasteiger partial charge in [-0.3, -0.25) is 4.79 Å². The van der Waals surface area contributed by atoms with Gasteiger partial charge in [0.05, 0.1) is 12.0 Å². The average molecular weight is 303 g/mol. The Kier molecular flexibility index (Phi) is 4.34.